The molecule has 0 radical (unpaired) electrons. The molecule has 1 heterocycles. The first kappa shape index (κ1) is 23.5. The lowest BCUT2D eigenvalue weighted by atomic mass is 9.95. The molecule has 0 aliphatic carbocycles. The average Bonchev–Trinajstić information content (AvgIpc) is 3.03. The topological polar surface area (TPSA) is 94.9 Å². The number of aliphatic hydroxyl groups is 1. The van der Waals surface area contributed by atoms with Crippen LogP contribution in [-0.4, -0.2) is 39.3 Å². The number of ketones is 1. The molecule has 32 heavy (non-hydrogen) atoms. The van der Waals surface area contributed by atoms with Crippen LogP contribution in [0.25, 0.3) is 6.08 Å². The number of hydrogen-bond acceptors (Lipinski definition) is 4. The summed E-state index contributed by atoms with van der Waals surface area (Å²) in [5.74, 6) is -2.41. The summed E-state index contributed by atoms with van der Waals surface area (Å²) in [6, 6.07) is 15.9. The molecular formula is C25H24BrNO5. The lowest BCUT2D eigenvalue weighted by Gasteiger charge is -2.26. The Morgan fingerprint density at radius 1 is 1.00 bits per heavy atom. The second-order valence-electron chi connectivity index (χ2n) is 7.53. The van der Waals surface area contributed by atoms with E-state index < -0.39 is 29.5 Å². The van der Waals surface area contributed by atoms with Crippen LogP contribution in [-0.2, 0) is 14.4 Å². The van der Waals surface area contributed by atoms with Crippen molar-refractivity contribution < 1.29 is 24.6 Å². The van der Waals surface area contributed by atoms with Gasteiger partial charge in [0.05, 0.1) is 11.6 Å². The van der Waals surface area contributed by atoms with E-state index in [0.29, 0.717) is 31.4 Å². The minimum Gasteiger partial charge on any atom is -0.503 e. The van der Waals surface area contributed by atoms with Crippen molar-refractivity contribution in [3.63, 3.8) is 0 Å². The zero-order valence-electron chi connectivity index (χ0n) is 17.4. The molecular weight excluding hydrogens is 474 g/mol. The van der Waals surface area contributed by atoms with Gasteiger partial charge in [0.1, 0.15) is 0 Å². The Morgan fingerprint density at radius 3 is 2.34 bits per heavy atom. The first-order valence-corrected chi connectivity index (χ1v) is 11.2. The SMILES string of the molecule is O=C(O)CCCCCN1C(=O)C(O)=C(C(=O)/C=C/c2ccccc2)[C@H]1c1ccc(Br)cc1. The molecule has 0 unspecified atom stereocenters. The fourth-order valence-corrected chi connectivity index (χ4v) is 3.95. The van der Waals surface area contributed by atoms with Gasteiger partial charge in [0, 0.05) is 17.4 Å². The molecule has 2 N–H and O–H groups in total. The molecule has 6 nitrogen and oxygen atoms in total. The van der Waals surface area contributed by atoms with Crippen molar-refractivity contribution in [1.29, 1.82) is 0 Å². The Hall–Kier alpha value is -3.19. The lowest BCUT2D eigenvalue weighted by molar-refractivity contribution is -0.137. The summed E-state index contributed by atoms with van der Waals surface area (Å²) >= 11 is 3.39. The number of halogens is 1. The van der Waals surface area contributed by atoms with Gasteiger partial charge in [-0.3, -0.25) is 14.4 Å². The van der Waals surface area contributed by atoms with Crippen LogP contribution < -0.4 is 0 Å². The smallest absolute Gasteiger partial charge is 0.303 e. The number of carbonyl (C=O) groups excluding carboxylic acids is 2. The summed E-state index contributed by atoms with van der Waals surface area (Å²) in [7, 11) is 0. The van der Waals surface area contributed by atoms with E-state index in [1.54, 1.807) is 6.08 Å². The molecule has 2 aromatic carbocycles. The van der Waals surface area contributed by atoms with Gasteiger partial charge in [0.2, 0.25) is 0 Å². The Morgan fingerprint density at radius 2 is 1.69 bits per heavy atom. The molecule has 0 bridgehead atoms. The quantitative estimate of drug-likeness (QED) is 0.352. The number of carbonyl (C=O) groups is 3. The second kappa shape index (κ2) is 10.9. The predicted octanol–water partition coefficient (Wildman–Crippen LogP) is 5.07. The Bertz CT molecular complexity index is 1040. The fourth-order valence-electron chi connectivity index (χ4n) is 3.69. The van der Waals surface area contributed by atoms with Gasteiger partial charge in [-0.05, 0) is 42.2 Å². The number of aliphatic hydroxyl groups excluding tert-OH is 1. The summed E-state index contributed by atoms with van der Waals surface area (Å²) in [5, 5.41) is 19.4. The Kier molecular flexibility index (Phi) is 8.00. The number of nitrogens with zero attached hydrogens (tertiary/aromatic N) is 1. The van der Waals surface area contributed by atoms with Crippen molar-refractivity contribution in [2.75, 3.05) is 6.54 Å². The molecule has 0 saturated carbocycles. The lowest BCUT2D eigenvalue weighted by Crippen LogP contribution is -2.32. The Balaban J connectivity index is 1.85. The van der Waals surface area contributed by atoms with Crippen LogP contribution in [0.2, 0.25) is 0 Å². The summed E-state index contributed by atoms with van der Waals surface area (Å²) in [6.45, 7) is 0.308. The fraction of sp³-hybridized carbons (Fsp3) is 0.240. The van der Waals surface area contributed by atoms with Crippen LogP contribution in [0.3, 0.4) is 0 Å². The highest BCUT2D eigenvalue weighted by Crippen LogP contribution is 2.38. The molecule has 1 atom stereocenters. The number of aliphatic carboxylic acids is 1. The van der Waals surface area contributed by atoms with Crippen molar-refractivity contribution in [3.8, 4) is 0 Å². The van der Waals surface area contributed by atoms with Gasteiger partial charge in [-0.15, -0.1) is 0 Å². The van der Waals surface area contributed by atoms with E-state index in [9.17, 15) is 19.5 Å². The number of carboxylic acid groups (broad SMARTS) is 1. The molecule has 2 aromatic rings. The monoisotopic (exact) mass is 497 g/mol. The van der Waals surface area contributed by atoms with Gasteiger partial charge in [-0.1, -0.05) is 70.9 Å². The summed E-state index contributed by atoms with van der Waals surface area (Å²) in [6.07, 6.45) is 4.80. The molecule has 166 valence electrons. The molecule has 3 rings (SSSR count). The van der Waals surface area contributed by atoms with Crippen molar-refractivity contribution in [1.82, 2.24) is 4.90 Å². The van der Waals surface area contributed by atoms with E-state index in [4.69, 9.17) is 5.11 Å². The van der Waals surface area contributed by atoms with E-state index in [2.05, 4.69) is 15.9 Å². The molecule has 0 fully saturated rings. The van der Waals surface area contributed by atoms with Crippen LogP contribution in [0.5, 0.6) is 0 Å². The largest absolute Gasteiger partial charge is 0.503 e. The van der Waals surface area contributed by atoms with Crippen LogP contribution in [0.1, 0.15) is 42.9 Å². The van der Waals surface area contributed by atoms with Gasteiger partial charge in [0.15, 0.2) is 11.5 Å². The molecule has 0 spiro atoms. The Labute approximate surface area is 195 Å². The molecule has 0 aromatic heterocycles. The summed E-state index contributed by atoms with van der Waals surface area (Å²) in [5.41, 5.74) is 1.60. The number of carboxylic acids is 1. The van der Waals surface area contributed by atoms with Crippen LogP contribution in [0.15, 0.2) is 76.5 Å². The molecule has 0 saturated heterocycles. The number of unbranched alkanes of at least 4 members (excludes halogenated alkanes) is 2. The predicted molar refractivity (Wildman–Crippen MR) is 125 cm³/mol. The normalized spacial score (nSPS) is 16.2. The maximum atomic E-state index is 13.1. The number of rotatable bonds is 10. The van der Waals surface area contributed by atoms with Crippen LogP contribution in [0.4, 0.5) is 0 Å². The minimum absolute atomic E-state index is 0.0510. The minimum atomic E-state index is -0.854. The molecule has 1 amide bonds. The van der Waals surface area contributed by atoms with Crippen LogP contribution >= 0.6 is 15.9 Å². The average molecular weight is 498 g/mol. The highest BCUT2D eigenvalue weighted by atomic mass is 79.9. The van der Waals surface area contributed by atoms with Gasteiger partial charge in [-0.2, -0.15) is 0 Å². The number of amides is 1. The third-order valence-corrected chi connectivity index (χ3v) is 5.80. The van der Waals surface area contributed by atoms with Gasteiger partial charge >= 0.3 is 5.97 Å². The third kappa shape index (κ3) is 5.73. The third-order valence-electron chi connectivity index (χ3n) is 5.27. The molecule has 1 aliphatic heterocycles. The first-order valence-electron chi connectivity index (χ1n) is 10.4. The molecule has 1 aliphatic rings. The maximum Gasteiger partial charge on any atom is 0.303 e. The zero-order valence-corrected chi connectivity index (χ0v) is 19.0. The van der Waals surface area contributed by atoms with Crippen molar-refractivity contribution in [2.45, 2.75) is 31.7 Å². The van der Waals surface area contributed by atoms with Gasteiger partial charge in [0.25, 0.3) is 5.91 Å². The van der Waals surface area contributed by atoms with E-state index in [1.165, 1.54) is 11.0 Å². The van der Waals surface area contributed by atoms with Gasteiger partial charge < -0.3 is 15.1 Å². The highest BCUT2D eigenvalue weighted by molar-refractivity contribution is 9.10. The maximum absolute atomic E-state index is 13.1. The number of benzene rings is 2. The highest BCUT2D eigenvalue weighted by Gasteiger charge is 2.42. The van der Waals surface area contributed by atoms with Crippen molar-refractivity contribution >= 4 is 39.7 Å². The van der Waals surface area contributed by atoms with Crippen LogP contribution in [0, 0.1) is 0 Å². The standard InChI is InChI=1S/C25H24BrNO5/c26-19-13-11-18(12-14-19)23-22(20(28)15-10-17-7-3-1-4-8-17)24(31)25(32)27(23)16-6-2-5-9-21(29)30/h1,3-4,7-8,10-15,23,31H,2,5-6,9,16H2,(H,29,30)/b15-10+/t23-/m1/s1. The van der Waals surface area contributed by atoms with Crippen molar-refractivity contribution in [3.05, 3.63) is 87.6 Å². The van der Waals surface area contributed by atoms with E-state index in [1.807, 2.05) is 54.6 Å². The van der Waals surface area contributed by atoms with Gasteiger partial charge in [-0.25, -0.2) is 0 Å². The first-order chi connectivity index (χ1) is 15.4. The second-order valence-corrected chi connectivity index (χ2v) is 8.44. The summed E-state index contributed by atoms with van der Waals surface area (Å²) in [4.78, 5) is 38.1. The summed E-state index contributed by atoms with van der Waals surface area (Å²) < 4.78 is 0.857. The zero-order chi connectivity index (χ0) is 23.1. The van der Waals surface area contributed by atoms with E-state index in [0.717, 1.165) is 10.0 Å². The molecule has 7 heteroatoms. The number of hydrogen-bond donors (Lipinski definition) is 2. The van der Waals surface area contributed by atoms with Crippen molar-refractivity contribution in [2.24, 2.45) is 0 Å². The van der Waals surface area contributed by atoms with E-state index >= 15 is 0 Å². The van der Waals surface area contributed by atoms with E-state index in [-0.39, 0.29) is 12.0 Å². The number of allylic oxidation sites excluding steroid dienone is 1.